The lowest BCUT2D eigenvalue weighted by molar-refractivity contribution is 0.0997. The van der Waals surface area contributed by atoms with Gasteiger partial charge in [0.05, 0.1) is 23.4 Å². The van der Waals surface area contributed by atoms with Crippen molar-refractivity contribution in [2.75, 3.05) is 36.5 Å². The van der Waals surface area contributed by atoms with Crippen LogP contribution in [0.15, 0.2) is 65.1 Å². The number of benzene rings is 2. The molecule has 0 unspecified atom stereocenters. The summed E-state index contributed by atoms with van der Waals surface area (Å²) < 4.78 is 12.2. The summed E-state index contributed by atoms with van der Waals surface area (Å²) in [7, 11) is 0. The second kappa shape index (κ2) is 7.69. The van der Waals surface area contributed by atoms with Crippen molar-refractivity contribution in [1.82, 2.24) is 4.98 Å². The molecule has 0 bridgehead atoms. The molecule has 1 saturated heterocycles. The average Bonchev–Trinajstić information content (AvgIpc) is 3.42. The minimum Gasteiger partial charge on any atom is -0.448 e. The Morgan fingerprint density at radius 1 is 1.00 bits per heavy atom. The van der Waals surface area contributed by atoms with Crippen LogP contribution in [0.25, 0.3) is 21.0 Å². The van der Waals surface area contributed by atoms with E-state index in [1.165, 1.54) is 0 Å². The van der Waals surface area contributed by atoms with Crippen LogP contribution in [-0.2, 0) is 4.74 Å². The number of carbonyl (C=O) groups is 1. The van der Waals surface area contributed by atoms with Crippen LogP contribution < -0.4 is 10.2 Å². The van der Waals surface area contributed by atoms with Crippen LogP contribution in [0, 0.1) is 0 Å². The summed E-state index contributed by atoms with van der Waals surface area (Å²) in [5.74, 6) is 0.576. The van der Waals surface area contributed by atoms with Crippen LogP contribution in [0.3, 0.4) is 0 Å². The van der Waals surface area contributed by atoms with Gasteiger partial charge in [-0.15, -0.1) is 11.3 Å². The van der Waals surface area contributed by atoms with Crippen molar-refractivity contribution < 1.29 is 13.9 Å². The minimum atomic E-state index is -0.281. The van der Waals surface area contributed by atoms with Gasteiger partial charge < -0.3 is 19.4 Å². The highest BCUT2D eigenvalue weighted by Crippen LogP contribution is 2.31. The van der Waals surface area contributed by atoms with E-state index >= 15 is 0 Å². The molecule has 0 spiro atoms. The van der Waals surface area contributed by atoms with Crippen molar-refractivity contribution in [1.29, 1.82) is 0 Å². The molecule has 6 nitrogen and oxygen atoms in total. The predicted molar refractivity (Wildman–Crippen MR) is 115 cm³/mol. The molecule has 146 valence electrons. The fourth-order valence-electron chi connectivity index (χ4n) is 3.32. The molecule has 1 aliphatic heterocycles. The molecule has 4 aromatic rings. The Bertz CT molecular complexity index is 1110. The molecule has 1 fully saturated rings. The molecule has 29 heavy (non-hydrogen) atoms. The van der Waals surface area contributed by atoms with Gasteiger partial charge in [0.15, 0.2) is 16.5 Å². The molecule has 0 atom stereocenters. The number of morpholine rings is 1. The quantitative estimate of drug-likeness (QED) is 0.535. The number of nitrogens with zero attached hydrogens (tertiary/aromatic N) is 2. The number of nitrogens with one attached hydrogen (secondary N) is 1. The molecular weight excluding hydrogens is 386 g/mol. The smallest absolute Gasteiger partial charge is 0.291 e. The van der Waals surface area contributed by atoms with E-state index in [0.29, 0.717) is 5.76 Å². The summed E-state index contributed by atoms with van der Waals surface area (Å²) in [6.45, 7) is 3.25. The Morgan fingerprint density at radius 3 is 2.59 bits per heavy atom. The Kier molecular flexibility index (Phi) is 4.75. The highest BCUT2D eigenvalue weighted by molar-refractivity contribution is 7.21. The number of thiazole rings is 1. The van der Waals surface area contributed by atoms with Crippen LogP contribution >= 0.6 is 11.3 Å². The molecule has 0 radical (unpaired) electrons. The average molecular weight is 405 g/mol. The molecule has 0 aliphatic carbocycles. The van der Waals surface area contributed by atoms with Gasteiger partial charge in [-0.05, 0) is 48.5 Å². The number of anilines is 2. The molecule has 2 aromatic carbocycles. The van der Waals surface area contributed by atoms with Crippen LogP contribution in [0.5, 0.6) is 0 Å². The topological polar surface area (TPSA) is 67.6 Å². The lowest BCUT2D eigenvalue weighted by Crippen LogP contribution is -2.36. The standard InChI is InChI=1S/C22H19N3O3S/c26-21(23-15-5-7-16(8-6-15)25-11-13-27-14-12-25)18-9-10-19(28-18)22-24-17-3-1-2-4-20(17)29-22/h1-10H,11-14H2,(H,23,26). The maximum Gasteiger partial charge on any atom is 0.291 e. The van der Waals surface area contributed by atoms with Gasteiger partial charge in [0.2, 0.25) is 0 Å². The van der Waals surface area contributed by atoms with E-state index in [1.807, 2.05) is 48.5 Å². The van der Waals surface area contributed by atoms with Gasteiger partial charge in [0.25, 0.3) is 5.91 Å². The number of rotatable bonds is 4. The number of para-hydroxylation sites is 1. The normalized spacial score (nSPS) is 14.3. The molecule has 1 amide bonds. The predicted octanol–water partition coefficient (Wildman–Crippen LogP) is 4.65. The number of hydrogen-bond donors (Lipinski definition) is 1. The van der Waals surface area contributed by atoms with Gasteiger partial charge in [0.1, 0.15) is 0 Å². The molecule has 5 rings (SSSR count). The number of carbonyl (C=O) groups excluding carboxylic acids is 1. The summed E-state index contributed by atoms with van der Waals surface area (Å²) >= 11 is 1.54. The third-order valence-corrected chi connectivity index (χ3v) is 5.89. The Morgan fingerprint density at radius 2 is 1.79 bits per heavy atom. The van der Waals surface area contributed by atoms with E-state index in [2.05, 4.69) is 15.2 Å². The SMILES string of the molecule is O=C(Nc1ccc(N2CCOCC2)cc1)c1ccc(-c2nc3ccccc3s2)o1. The van der Waals surface area contributed by atoms with Gasteiger partial charge in [-0.3, -0.25) is 4.79 Å². The maximum absolute atomic E-state index is 12.6. The monoisotopic (exact) mass is 405 g/mol. The Hall–Kier alpha value is -3.16. The number of fused-ring (bicyclic) bond motifs is 1. The van der Waals surface area contributed by atoms with E-state index < -0.39 is 0 Å². The first-order chi connectivity index (χ1) is 14.3. The van der Waals surface area contributed by atoms with Crippen LogP contribution in [0.4, 0.5) is 11.4 Å². The van der Waals surface area contributed by atoms with E-state index in [9.17, 15) is 4.79 Å². The summed E-state index contributed by atoms with van der Waals surface area (Å²) in [6.07, 6.45) is 0. The van der Waals surface area contributed by atoms with Crippen LogP contribution in [-0.4, -0.2) is 37.2 Å². The van der Waals surface area contributed by atoms with Crippen LogP contribution in [0.1, 0.15) is 10.6 Å². The van der Waals surface area contributed by atoms with Gasteiger partial charge in [0, 0.05) is 24.5 Å². The van der Waals surface area contributed by atoms with Gasteiger partial charge in [-0.2, -0.15) is 0 Å². The second-order valence-corrected chi connectivity index (χ2v) is 7.78. The van der Waals surface area contributed by atoms with Crippen molar-refractivity contribution in [2.24, 2.45) is 0 Å². The minimum absolute atomic E-state index is 0.261. The Labute approximate surface area is 171 Å². The van der Waals surface area contributed by atoms with Crippen molar-refractivity contribution >= 4 is 38.8 Å². The number of aromatic nitrogens is 1. The van der Waals surface area contributed by atoms with Crippen molar-refractivity contribution in [2.45, 2.75) is 0 Å². The molecule has 1 N–H and O–H groups in total. The zero-order valence-electron chi connectivity index (χ0n) is 15.6. The largest absolute Gasteiger partial charge is 0.448 e. The number of furan rings is 1. The second-order valence-electron chi connectivity index (χ2n) is 6.75. The van der Waals surface area contributed by atoms with E-state index in [-0.39, 0.29) is 11.7 Å². The van der Waals surface area contributed by atoms with Crippen molar-refractivity contribution in [3.8, 4) is 10.8 Å². The fourth-order valence-corrected chi connectivity index (χ4v) is 4.25. The Balaban J connectivity index is 1.28. The van der Waals surface area contributed by atoms with E-state index in [0.717, 1.165) is 52.9 Å². The van der Waals surface area contributed by atoms with Crippen LogP contribution in [0.2, 0.25) is 0 Å². The summed E-state index contributed by atoms with van der Waals surface area (Å²) in [5, 5.41) is 3.65. The first kappa shape index (κ1) is 17.9. The highest BCUT2D eigenvalue weighted by Gasteiger charge is 2.16. The van der Waals surface area contributed by atoms with E-state index in [4.69, 9.17) is 9.15 Å². The molecule has 7 heteroatoms. The van der Waals surface area contributed by atoms with Crippen molar-refractivity contribution in [3.05, 3.63) is 66.4 Å². The molecular formula is C22H19N3O3S. The maximum atomic E-state index is 12.6. The third-order valence-electron chi connectivity index (χ3n) is 4.84. The van der Waals surface area contributed by atoms with Gasteiger partial charge in [-0.1, -0.05) is 12.1 Å². The van der Waals surface area contributed by atoms with Gasteiger partial charge >= 0.3 is 0 Å². The molecule has 2 aromatic heterocycles. The lowest BCUT2D eigenvalue weighted by Gasteiger charge is -2.28. The third kappa shape index (κ3) is 3.74. The number of hydrogen-bond acceptors (Lipinski definition) is 6. The fraction of sp³-hybridized carbons (Fsp3) is 0.182. The summed E-state index contributed by atoms with van der Waals surface area (Å²) in [6, 6.07) is 19.2. The highest BCUT2D eigenvalue weighted by atomic mass is 32.1. The van der Waals surface area contributed by atoms with E-state index in [1.54, 1.807) is 23.5 Å². The first-order valence-corrected chi connectivity index (χ1v) is 10.3. The zero-order valence-corrected chi connectivity index (χ0v) is 16.4. The summed E-state index contributed by atoms with van der Waals surface area (Å²) in [4.78, 5) is 19.4. The number of ether oxygens (including phenoxy) is 1. The number of amides is 1. The molecule has 1 aliphatic rings. The first-order valence-electron chi connectivity index (χ1n) is 9.46. The van der Waals surface area contributed by atoms with Crippen molar-refractivity contribution in [3.63, 3.8) is 0 Å². The molecule has 0 saturated carbocycles. The molecule has 3 heterocycles. The summed E-state index contributed by atoms with van der Waals surface area (Å²) in [5.41, 5.74) is 2.78. The zero-order chi connectivity index (χ0) is 19.6. The van der Waals surface area contributed by atoms with Gasteiger partial charge in [-0.25, -0.2) is 4.98 Å². The lowest BCUT2D eigenvalue weighted by atomic mass is 10.2.